The molecule has 0 aliphatic heterocycles. The van der Waals surface area contributed by atoms with Gasteiger partial charge in [0, 0.05) is 17.2 Å². The largest absolute Gasteiger partial charge is 0.480 e. The van der Waals surface area contributed by atoms with Gasteiger partial charge < -0.3 is 15.7 Å². The SMILES string of the molecule is CC1CC1C(=O)Nc1cccc(C(=O)NC2(C(=O)O)CCC2)c1. The van der Waals surface area contributed by atoms with Gasteiger partial charge in [-0.25, -0.2) is 4.79 Å². The van der Waals surface area contributed by atoms with Gasteiger partial charge in [0.25, 0.3) is 5.91 Å². The average Bonchev–Trinajstić information content (AvgIpc) is 3.19. The number of rotatable bonds is 5. The second-order valence-electron chi connectivity index (χ2n) is 6.58. The monoisotopic (exact) mass is 316 g/mol. The van der Waals surface area contributed by atoms with E-state index in [1.54, 1.807) is 24.3 Å². The Kier molecular flexibility index (Phi) is 3.83. The lowest BCUT2D eigenvalue weighted by atomic mass is 9.76. The van der Waals surface area contributed by atoms with Gasteiger partial charge >= 0.3 is 5.97 Å². The van der Waals surface area contributed by atoms with Crippen molar-refractivity contribution >= 4 is 23.5 Å². The number of nitrogens with one attached hydrogen (secondary N) is 2. The number of carboxylic acid groups (broad SMARTS) is 1. The predicted octanol–water partition coefficient (Wildman–Crippen LogP) is 2.02. The molecule has 2 unspecified atom stereocenters. The summed E-state index contributed by atoms with van der Waals surface area (Å²) < 4.78 is 0. The van der Waals surface area contributed by atoms with E-state index in [-0.39, 0.29) is 11.8 Å². The molecule has 122 valence electrons. The highest BCUT2D eigenvalue weighted by molar-refractivity contribution is 6.00. The molecule has 0 saturated heterocycles. The fourth-order valence-corrected chi connectivity index (χ4v) is 2.87. The molecule has 2 amide bonds. The van der Waals surface area contributed by atoms with Gasteiger partial charge in [0.15, 0.2) is 0 Å². The first kappa shape index (κ1) is 15.5. The number of anilines is 1. The Morgan fingerprint density at radius 3 is 2.48 bits per heavy atom. The van der Waals surface area contributed by atoms with Crippen LogP contribution in [-0.2, 0) is 9.59 Å². The van der Waals surface area contributed by atoms with Crippen molar-refractivity contribution < 1.29 is 19.5 Å². The van der Waals surface area contributed by atoms with E-state index in [0.29, 0.717) is 30.0 Å². The van der Waals surface area contributed by atoms with Crippen molar-refractivity contribution in [3.63, 3.8) is 0 Å². The van der Waals surface area contributed by atoms with Crippen LogP contribution in [0.1, 0.15) is 43.0 Å². The van der Waals surface area contributed by atoms with Gasteiger partial charge in [-0.05, 0) is 49.8 Å². The second-order valence-corrected chi connectivity index (χ2v) is 6.58. The van der Waals surface area contributed by atoms with E-state index in [0.717, 1.165) is 12.8 Å². The number of hydrogen-bond acceptors (Lipinski definition) is 3. The van der Waals surface area contributed by atoms with Crippen molar-refractivity contribution in [1.82, 2.24) is 5.32 Å². The molecule has 0 heterocycles. The van der Waals surface area contributed by atoms with Crippen LogP contribution in [0.4, 0.5) is 5.69 Å². The Labute approximate surface area is 134 Å². The molecule has 2 aliphatic rings. The van der Waals surface area contributed by atoms with Crippen molar-refractivity contribution in [3.05, 3.63) is 29.8 Å². The van der Waals surface area contributed by atoms with Gasteiger partial charge in [-0.2, -0.15) is 0 Å². The van der Waals surface area contributed by atoms with Crippen molar-refractivity contribution in [2.45, 2.75) is 38.1 Å². The molecule has 2 saturated carbocycles. The van der Waals surface area contributed by atoms with Crippen LogP contribution in [-0.4, -0.2) is 28.4 Å². The Morgan fingerprint density at radius 2 is 1.96 bits per heavy atom. The third-order valence-corrected chi connectivity index (χ3v) is 4.81. The van der Waals surface area contributed by atoms with Gasteiger partial charge in [0.2, 0.25) is 5.91 Å². The van der Waals surface area contributed by atoms with E-state index in [1.807, 2.05) is 6.92 Å². The molecule has 0 aromatic heterocycles. The highest BCUT2D eigenvalue weighted by Crippen LogP contribution is 2.38. The van der Waals surface area contributed by atoms with Crippen molar-refractivity contribution in [1.29, 1.82) is 0 Å². The molecule has 1 aromatic carbocycles. The Balaban J connectivity index is 1.68. The molecule has 23 heavy (non-hydrogen) atoms. The second kappa shape index (κ2) is 5.68. The van der Waals surface area contributed by atoms with E-state index in [4.69, 9.17) is 0 Å². The van der Waals surface area contributed by atoms with Gasteiger partial charge in [0.1, 0.15) is 5.54 Å². The molecule has 6 heteroatoms. The van der Waals surface area contributed by atoms with E-state index in [1.165, 1.54) is 0 Å². The van der Waals surface area contributed by atoms with E-state index < -0.39 is 17.4 Å². The van der Waals surface area contributed by atoms with Crippen molar-refractivity contribution in [2.24, 2.45) is 11.8 Å². The summed E-state index contributed by atoms with van der Waals surface area (Å²) >= 11 is 0. The lowest BCUT2D eigenvalue weighted by molar-refractivity contribution is -0.148. The van der Waals surface area contributed by atoms with Crippen molar-refractivity contribution in [2.75, 3.05) is 5.32 Å². The summed E-state index contributed by atoms with van der Waals surface area (Å²) in [6.45, 7) is 2.03. The normalized spacial score (nSPS) is 24.2. The number of carbonyl (C=O) groups is 3. The maximum Gasteiger partial charge on any atom is 0.329 e. The zero-order valence-electron chi connectivity index (χ0n) is 13.0. The predicted molar refractivity (Wildman–Crippen MR) is 84.0 cm³/mol. The lowest BCUT2D eigenvalue weighted by Gasteiger charge is -2.38. The third kappa shape index (κ3) is 3.06. The Hall–Kier alpha value is -2.37. The van der Waals surface area contributed by atoms with Crippen molar-refractivity contribution in [3.8, 4) is 0 Å². The number of amides is 2. The highest BCUT2D eigenvalue weighted by atomic mass is 16.4. The molecule has 2 fully saturated rings. The molecule has 1 aromatic rings. The van der Waals surface area contributed by atoms with Gasteiger partial charge in [-0.1, -0.05) is 13.0 Å². The third-order valence-electron chi connectivity index (χ3n) is 4.81. The zero-order valence-corrected chi connectivity index (χ0v) is 13.0. The molecule has 2 atom stereocenters. The molecule has 0 radical (unpaired) electrons. The minimum atomic E-state index is -1.14. The maximum absolute atomic E-state index is 12.3. The summed E-state index contributed by atoms with van der Waals surface area (Å²) in [6, 6.07) is 6.58. The molecule has 0 bridgehead atoms. The van der Waals surface area contributed by atoms with Crippen LogP contribution in [0.15, 0.2) is 24.3 Å². The number of hydrogen-bond donors (Lipinski definition) is 3. The minimum Gasteiger partial charge on any atom is -0.480 e. The van der Waals surface area contributed by atoms with E-state index in [2.05, 4.69) is 10.6 Å². The van der Waals surface area contributed by atoms with Gasteiger partial charge in [-0.3, -0.25) is 9.59 Å². The van der Waals surface area contributed by atoms with E-state index in [9.17, 15) is 19.5 Å². The van der Waals surface area contributed by atoms with Crippen LogP contribution in [0, 0.1) is 11.8 Å². The van der Waals surface area contributed by atoms with Crippen LogP contribution in [0.3, 0.4) is 0 Å². The standard InChI is InChI=1S/C17H20N2O4/c1-10-8-13(10)15(21)18-12-5-2-4-11(9-12)14(20)19-17(16(22)23)6-3-7-17/h2,4-5,9-10,13H,3,6-8H2,1H3,(H,18,21)(H,19,20)(H,22,23). The van der Waals surface area contributed by atoms with Crippen LogP contribution >= 0.6 is 0 Å². The quantitative estimate of drug-likeness (QED) is 0.774. The summed E-state index contributed by atoms with van der Waals surface area (Å²) in [6.07, 6.45) is 2.59. The first-order chi connectivity index (χ1) is 10.9. The summed E-state index contributed by atoms with van der Waals surface area (Å²) in [5.41, 5.74) is -0.237. The Bertz CT molecular complexity index is 666. The van der Waals surface area contributed by atoms with Crippen LogP contribution in [0.5, 0.6) is 0 Å². The molecule has 0 spiro atoms. The van der Waals surface area contributed by atoms with Crippen LogP contribution in [0.25, 0.3) is 0 Å². The number of benzene rings is 1. The summed E-state index contributed by atoms with van der Waals surface area (Å²) in [5.74, 6) is -0.989. The molecule has 3 N–H and O–H groups in total. The smallest absolute Gasteiger partial charge is 0.329 e. The van der Waals surface area contributed by atoms with E-state index >= 15 is 0 Å². The summed E-state index contributed by atoms with van der Waals surface area (Å²) in [5, 5.41) is 14.7. The average molecular weight is 316 g/mol. The summed E-state index contributed by atoms with van der Waals surface area (Å²) in [7, 11) is 0. The highest BCUT2D eigenvalue weighted by Gasteiger charge is 2.45. The van der Waals surface area contributed by atoms with Crippen LogP contribution in [0.2, 0.25) is 0 Å². The zero-order chi connectivity index (χ0) is 16.6. The lowest BCUT2D eigenvalue weighted by Crippen LogP contribution is -2.59. The maximum atomic E-state index is 12.3. The number of carboxylic acids is 1. The molecule has 2 aliphatic carbocycles. The number of aliphatic carboxylic acids is 1. The van der Waals surface area contributed by atoms with Gasteiger partial charge in [0.05, 0.1) is 0 Å². The molecular formula is C17H20N2O4. The molecule has 6 nitrogen and oxygen atoms in total. The summed E-state index contributed by atoms with van der Waals surface area (Å²) in [4.78, 5) is 35.6. The minimum absolute atomic E-state index is 0.0314. The van der Waals surface area contributed by atoms with Crippen LogP contribution < -0.4 is 10.6 Å². The fourth-order valence-electron chi connectivity index (χ4n) is 2.87. The Morgan fingerprint density at radius 1 is 1.26 bits per heavy atom. The van der Waals surface area contributed by atoms with Gasteiger partial charge in [-0.15, -0.1) is 0 Å². The first-order valence-electron chi connectivity index (χ1n) is 7.88. The first-order valence-corrected chi connectivity index (χ1v) is 7.88. The number of carbonyl (C=O) groups excluding carboxylic acids is 2. The molecule has 3 rings (SSSR count). The molecular weight excluding hydrogens is 296 g/mol. The fraction of sp³-hybridized carbons (Fsp3) is 0.471. The topological polar surface area (TPSA) is 95.5 Å².